The van der Waals surface area contributed by atoms with Crippen molar-refractivity contribution in [3.05, 3.63) is 24.0 Å². The molecule has 78 valence electrons. The van der Waals surface area contributed by atoms with E-state index in [4.69, 9.17) is 0 Å². The zero-order chi connectivity index (χ0) is 10.4. The van der Waals surface area contributed by atoms with E-state index in [1.165, 1.54) is 12.8 Å². The molecule has 0 bridgehead atoms. The van der Waals surface area contributed by atoms with Gasteiger partial charge in [0, 0.05) is 12.2 Å². The van der Waals surface area contributed by atoms with E-state index in [0.29, 0.717) is 0 Å². The summed E-state index contributed by atoms with van der Waals surface area (Å²) in [6.07, 6.45) is 4.38. The predicted octanol–water partition coefficient (Wildman–Crippen LogP) is 3.24. The molecule has 0 aliphatic heterocycles. The van der Waals surface area contributed by atoms with Crippen molar-refractivity contribution in [1.29, 1.82) is 0 Å². The van der Waals surface area contributed by atoms with Crippen LogP contribution in [0.4, 0.5) is 5.69 Å². The van der Waals surface area contributed by atoms with E-state index in [9.17, 15) is 0 Å². The number of hydrogen-bond acceptors (Lipinski definition) is 2. The first-order chi connectivity index (χ1) is 6.76. The Morgan fingerprint density at radius 1 is 1.29 bits per heavy atom. The van der Waals surface area contributed by atoms with Crippen LogP contribution in [0.25, 0.3) is 0 Å². The van der Waals surface area contributed by atoms with Gasteiger partial charge in [-0.25, -0.2) is 0 Å². The zero-order valence-electron chi connectivity index (χ0n) is 9.38. The average Bonchev–Trinajstić information content (AvgIpc) is 2.22. The van der Waals surface area contributed by atoms with Gasteiger partial charge in [-0.1, -0.05) is 26.7 Å². The molecule has 0 unspecified atom stereocenters. The lowest BCUT2D eigenvalue weighted by molar-refractivity contribution is 0.519. The van der Waals surface area contributed by atoms with Crippen LogP contribution in [0, 0.1) is 12.8 Å². The minimum Gasteiger partial charge on any atom is -0.384 e. The third-order valence-electron chi connectivity index (χ3n) is 2.66. The van der Waals surface area contributed by atoms with Gasteiger partial charge in [0.05, 0.1) is 11.9 Å². The van der Waals surface area contributed by atoms with E-state index in [-0.39, 0.29) is 0 Å². The summed E-state index contributed by atoms with van der Waals surface area (Å²) < 4.78 is 0. The fourth-order valence-electron chi connectivity index (χ4n) is 1.41. The van der Waals surface area contributed by atoms with Crippen molar-refractivity contribution in [2.45, 2.75) is 33.6 Å². The summed E-state index contributed by atoms with van der Waals surface area (Å²) in [5.41, 5.74) is 2.19. The lowest BCUT2D eigenvalue weighted by atomic mass is 10.0. The molecule has 0 spiro atoms. The maximum absolute atomic E-state index is 4.25. The fraction of sp³-hybridized carbons (Fsp3) is 0.583. The molecule has 1 N–H and O–H groups in total. The second kappa shape index (κ2) is 5.63. The third-order valence-corrected chi connectivity index (χ3v) is 2.66. The Morgan fingerprint density at radius 2 is 2.00 bits per heavy atom. The molecule has 0 aliphatic rings. The minimum atomic E-state index is 0.774. The molecule has 0 fully saturated rings. The Hall–Kier alpha value is -1.05. The van der Waals surface area contributed by atoms with Crippen LogP contribution in [0.1, 0.15) is 32.4 Å². The van der Waals surface area contributed by atoms with Crippen molar-refractivity contribution < 1.29 is 0 Å². The van der Waals surface area contributed by atoms with Gasteiger partial charge in [-0.15, -0.1) is 0 Å². The largest absolute Gasteiger partial charge is 0.384 e. The Balaban J connectivity index is 2.41. The minimum absolute atomic E-state index is 0.774. The van der Waals surface area contributed by atoms with Gasteiger partial charge in [0.15, 0.2) is 0 Å². The number of pyridine rings is 1. The number of rotatable bonds is 5. The molecule has 1 aromatic rings. The second-order valence-electron chi connectivity index (χ2n) is 3.75. The fourth-order valence-corrected chi connectivity index (χ4v) is 1.41. The molecular weight excluding hydrogens is 172 g/mol. The first kappa shape index (κ1) is 11.0. The molecule has 1 aromatic heterocycles. The van der Waals surface area contributed by atoms with E-state index < -0.39 is 0 Å². The second-order valence-corrected chi connectivity index (χ2v) is 3.75. The smallest absolute Gasteiger partial charge is 0.0527 e. The van der Waals surface area contributed by atoms with Crippen LogP contribution in [0.5, 0.6) is 0 Å². The van der Waals surface area contributed by atoms with Crippen LogP contribution >= 0.6 is 0 Å². The molecular formula is C12H20N2. The highest BCUT2D eigenvalue weighted by Gasteiger charge is 2.02. The Morgan fingerprint density at radius 3 is 2.50 bits per heavy atom. The van der Waals surface area contributed by atoms with Gasteiger partial charge in [0.2, 0.25) is 0 Å². The molecule has 0 amide bonds. The summed E-state index contributed by atoms with van der Waals surface area (Å²) in [4.78, 5) is 4.25. The van der Waals surface area contributed by atoms with Gasteiger partial charge in [-0.2, -0.15) is 0 Å². The highest BCUT2D eigenvalue weighted by atomic mass is 14.9. The summed E-state index contributed by atoms with van der Waals surface area (Å²) in [5, 5.41) is 3.41. The Bertz CT molecular complexity index is 250. The molecule has 2 heteroatoms. The van der Waals surface area contributed by atoms with Gasteiger partial charge in [-0.05, 0) is 25.0 Å². The van der Waals surface area contributed by atoms with Crippen LogP contribution in [-0.4, -0.2) is 11.5 Å². The summed E-state index contributed by atoms with van der Waals surface area (Å²) in [5.74, 6) is 0.774. The van der Waals surface area contributed by atoms with Crippen LogP contribution in [0.3, 0.4) is 0 Å². The SMILES string of the molecule is CCC(CC)CNc1ccc(C)nc1. The monoisotopic (exact) mass is 192 g/mol. The van der Waals surface area contributed by atoms with Crippen LogP contribution < -0.4 is 5.32 Å². The molecule has 0 aromatic carbocycles. The molecule has 0 radical (unpaired) electrons. The molecule has 2 nitrogen and oxygen atoms in total. The van der Waals surface area contributed by atoms with Crippen LogP contribution in [0.2, 0.25) is 0 Å². The molecule has 1 rings (SSSR count). The van der Waals surface area contributed by atoms with E-state index in [0.717, 1.165) is 23.8 Å². The first-order valence-corrected chi connectivity index (χ1v) is 5.42. The standard InChI is InChI=1S/C12H20N2/c1-4-11(5-2)8-14-12-7-6-10(3)13-9-12/h6-7,9,11,14H,4-5,8H2,1-3H3. The summed E-state index contributed by atoms with van der Waals surface area (Å²) in [7, 11) is 0. The predicted molar refractivity (Wildman–Crippen MR) is 61.5 cm³/mol. The zero-order valence-corrected chi connectivity index (χ0v) is 9.38. The molecule has 0 saturated heterocycles. The first-order valence-electron chi connectivity index (χ1n) is 5.42. The summed E-state index contributed by atoms with van der Waals surface area (Å²) >= 11 is 0. The highest BCUT2D eigenvalue weighted by molar-refractivity contribution is 5.40. The molecule has 1 heterocycles. The Labute approximate surface area is 86.8 Å². The van der Waals surface area contributed by atoms with Gasteiger partial charge in [0.25, 0.3) is 0 Å². The number of anilines is 1. The average molecular weight is 192 g/mol. The topological polar surface area (TPSA) is 24.9 Å². The van der Waals surface area contributed by atoms with Gasteiger partial charge in [-0.3, -0.25) is 4.98 Å². The van der Waals surface area contributed by atoms with Crippen molar-refractivity contribution in [2.24, 2.45) is 5.92 Å². The quantitative estimate of drug-likeness (QED) is 0.774. The maximum atomic E-state index is 4.25. The van der Waals surface area contributed by atoms with E-state index in [1.807, 2.05) is 19.2 Å². The normalized spacial score (nSPS) is 10.6. The molecule has 0 atom stereocenters. The van der Waals surface area contributed by atoms with E-state index in [2.05, 4.69) is 30.2 Å². The number of aryl methyl sites for hydroxylation is 1. The number of aromatic nitrogens is 1. The van der Waals surface area contributed by atoms with Gasteiger partial charge in [0.1, 0.15) is 0 Å². The van der Waals surface area contributed by atoms with Crippen molar-refractivity contribution >= 4 is 5.69 Å². The summed E-state index contributed by atoms with van der Waals surface area (Å²) in [6, 6.07) is 4.12. The molecule has 14 heavy (non-hydrogen) atoms. The molecule has 0 aliphatic carbocycles. The van der Waals surface area contributed by atoms with Crippen molar-refractivity contribution in [1.82, 2.24) is 4.98 Å². The highest BCUT2D eigenvalue weighted by Crippen LogP contribution is 2.10. The van der Waals surface area contributed by atoms with Gasteiger partial charge >= 0.3 is 0 Å². The lowest BCUT2D eigenvalue weighted by Gasteiger charge is -2.13. The Kier molecular flexibility index (Phi) is 4.44. The van der Waals surface area contributed by atoms with Crippen molar-refractivity contribution in [3.8, 4) is 0 Å². The lowest BCUT2D eigenvalue weighted by Crippen LogP contribution is -2.12. The van der Waals surface area contributed by atoms with Crippen molar-refractivity contribution in [3.63, 3.8) is 0 Å². The van der Waals surface area contributed by atoms with Crippen LogP contribution in [-0.2, 0) is 0 Å². The van der Waals surface area contributed by atoms with E-state index >= 15 is 0 Å². The van der Waals surface area contributed by atoms with E-state index in [1.54, 1.807) is 0 Å². The number of hydrogen-bond donors (Lipinski definition) is 1. The third kappa shape index (κ3) is 3.36. The molecule has 0 saturated carbocycles. The van der Waals surface area contributed by atoms with Crippen LogP contribution in [0.15, 0.2) is 18.3 Å². The number of nitrogens with zero attached hydrogens (tertiary/aromatic N) is 1. The van der Waals surface area contributed by atoms with Gasteiger partial charge < -0.3 is 5.32 Å². The number of nitrogens with one attached hydrogen (secondary N) is 1. The van der Waals surface area contributed by atoms with Crippen molar-refractivity contribution in [2.75, 3.05) is 11.9 Å². The summed E-state index contributed by atoms with van der Waals surface area (Å²) in [6.45, 7) is 7.54. The maximum Gasteiger partial charge on any atom is 0.0527 e.